The van der Waals surface area contributed by atoms with E-state index in [0.29, 0.717) is 18.7 Å². The Balaban J connectivity index is 2.29. The molecule has 2 aromatic carbocycles. The second kappa shape index (κ2) is 9.44. The van der Waals surface area contributed by atoms with Gasteiger partial charge in [0.1, 0.15) is 4.90 Å². The van der Waals surface area contributed by atoms with E-state index < -0.39 is 10.0 Å². The maximum Gasteiger partial charge on any atom is 0.263 e. The zero-order valence-corrected chi connectivity index (χ0v) is 17.5. The van der Waals surface area contributed by atoms with Crippen LogP contribution >= 0.6 is 23.2 Å². The lowest BCUT2D eigenvalue weighted by molar-refractivity contribution is 0.0755. The summed E-state index contributed by atoms with van der Waals surface area (Å²) in [6.07, 6.45) is 1.71. The van der Waals surface area contributed by atoms with Gasteiger partial charge in [-0.05, 0) is 49.2 Å². The molecular formula is C19H22Cl2N2O3S. The molecule has 0 atom stereocenters. The summed E-state index contributed by atoms with van der Waals surface area (Å²) in [5.41, 5.74) is 0.708. The van der Waals surface area contributed by atoms with Gasteiger partial charge in [-0.2, -0.15) is 0 Å². The molecule has 1 N–H and O–H groups in total. The summed E-state index contributed by atoms with van der Waals surface area (Å²) in [5, 5.41) is 0.328. The molecule has 2 aromatic rings. The summed E-state index contributed by atoms with van der Waals surface area (Å²) in [7, 11) is -3.94. The van der Waals surface area contributed by atoms with Crippen molar-refractivity contribution in [1.29, 1.82) is 0 Å². The van der Waals surface area contributed by atoms with Gasteiger partial charge in [0.25, 0.3) is 15.9 Å². The average molecular weight is 429 g/mol. The molecule has 0 radical (unpaired) electrons. The molecule has 8 heteroatoms. The molecule has 0 unspecified atom stereocenters. The predicted molar refractivity (Wildman–Crippen MR) is 110 cm³/mol. The highest BCUT2D eigenvalue weighted by Gasteiger charge is 2.20. The fourth-order valence-corrected chi connectivity index (χ4v) is 4.46. The maximum absolute atomic E-state index is 12.7. The van der Waals surface area contributed by atoms with Crippen LogP contribution in [0.25, 0.3) is 0 Å². The highest BCUT2D eigenvalue weighted by Crippen LogP contribution is 2.27. The van der Waals surface area contributed by atoms with E-state index in [9.17, 15) is 13.2 Å². The Morgan fingerprint density at radius 3 is 2.33 bits per heavy atom. The number of carbonyl (C=O) groups is 1. The summed E-state index contributed by atoms with van der Waals surface area (Å²) >= 11 is 11.9. The summed E-state index contributed by atoms with van der Waals surface area (Å²) in [5.74, 6) is -0.125. The maximum atomic E-state index is 12.7. The Bertz CT molecular complexity index is 911. The molecule has 0 bridgehead atoms. The second-order valence-electron chi connectivity index (χ2n) is 6.05. The standard InChI is InChI=1S/C19H22Cl2N2O3S/c1-3-10-23(11-4-2)19(24)14-6-5-7-16(12-14)22-27(25,26)18-13-15(20)8-9-17(18)21/h5-9,12-13,22H,3-4,10-11H2,1-2H3. The fraction of sp³-hybridized carbons (Fsp3) is 0.316. The first kappa shape index (κ1) is 21.5. The molecule has 2 rings (SSSR count). The average Bonchev–Trinajstić information content (AvgIpc) is 2.62. The highest BCUT2D eigenvalue weighted by atomic mass is 35.5. The number of sulfonamides is 1. The second-order valence-corrected chi connectivity index (χ2v) is 8.55. The third-order valence-corrected chi connectivity index (χ3v) is 5.92. The number of benzene rings is 2. The van der Waals surface area contributed by atoms with Gasteiger partial charge in [-0.1, -0.05) is 43.1 Å². The van der Waals surface area contributed by atoms with Crippen LogP contribution in [0.1, 0.15) is 37.0 Å². The molecule has 0 saturated carbocycles. The van der Waals surface area contributed by atoms with Gasteiger partial charge < -0.3 is 4.90 Å². The third kappa shape index (κ3) is 5.61. The van der Waals surface area contributed by atoms with Crippen molar-refractivity contribution in [3.05, 3.63) is 58.1 Å². The Kier molecular flexibility index (Phi) is 7.53. The Labute approximate surface area is 170 Å². The number of hydrogen-bond acceptors (Lipinski definition) is 3. The van der Waals surface area contributed by atoms with Crippen molar-refractivity contribution in [2.24, 2.45) is 0 Å². The highest BCUT2D eigenvalue weighted by molar-refractivity contribution is 7.92. The zero-order valence-electron chi connectivity index (χ0n) is 15.2. The van der Waals surface area contributed by atoms with Crippen molar-refractivity contribution in [2.75, 3.05) is 17.8 Å². The van der Waals surface area contributed by atoms with E-state index in [1.54, 1.807) is 23.1 Å². The van der Waals surface area contributed by atoms with E-state index >= 15 is 0 Å². The molecule has 27 heavy (non-hydrogen) atoms. The van der Waals surface area contributed by atoms with Gasteiger partial charge in [0, 0.05) is 29.4 Å². The molecule has 146 valence electrons. The minimum atomic E-state index is -3.94. The van der Waals surface area contributed by atoms with E-state index in [0.717, 1.165) is 12.8 Å². The SMILES string of the molecule is CCCN(CCC)C(=O)c1cccc(NS(=O)(=O)c2cc(Cl)ccc2Cl)c1. The van der Waals surface area contributed by atoms with Gasteiger partial charge in [-0.3, -0.25) is 9.52 Å². The van der Waals surface area contributed by atoms with Crippen molar-refractivity contribution in [1.82, 2.24) is 4.90 Å². The number of halogens is 2. The Morgan fingerprint density at radius 1 is 1.04 bits per heavy atom. The molecule has 0 spiro atoms. The lowest BCUT2D eigenvalue weighted by atomic mass is 10.1. The first-order valence-corrected chi connectivity index (χ1v) is 10.9. The minimum absolute atomic E-state index is 0.0659. The zero-order chi connectivity index (χ0) is 20.0. The molecule has 0 aromatic heterocycles. The number of rotatable bonds is 8. The van der Waals surface area contributed by atoms with Crippen molar-refractivity contribution >= 4 is 44.8 Å². The minimum Gasteiger partial charge on any atom is -0.339 e. The van der Waals surface area contributed by atoms with Gasteiger partial charge in [-0.15, -0.1) is 0 Å². The van der Waals surface area contributed by atoms with Gasteiger partial charge >= 0.3 is 0 Å². The monoisotopic (exact) mass is 428 g/mol. The van der Waals surface area contributed by atoms with Crippen LogP contribution in [0.3, 0.4) is 0 Å². The normalized spacial score (nSPS) is 11.3. The van der Waals surface area contributed by atoms with Crippen molar-refractivity contribution in [2.45, 2.75) is 31.6 Å². The van der Waals surface area contributed by atoms with E-state index in [4.69, 9.17) is 23.2 Å². The van der Waals surface area contributed by atoms with E-state index in [-0.39, 0.29) is 26.5 Å². The van der Waals surface area contributed by atoms with Crippen molar-refractivity contribution < 1.29 is 13.2 Å². The van der Waals surface area contributed by atoms with E-state index in [1.165, 1.54) is 24.3 Å². The van der Waals surface area contributed by atoms with E-state index in [2.05, 4.69) is 4.72 Å². The van der Waals surface area contributed by atoms with Crippen molar-refractivity contribution in [3.8, 4) is 0 Å². The van der Waals surface area contributed by atoms with Gasteiger partial charge in [0.05, 0.1) is 5.02 Å². The van der Waals surface area contributed by atoms with Crippen molar-refractivity contribution in [3.63, 3.8) is 0 Å². The topological polar surface area (TPSA) is 66.5 Å². The fourth-order valence-electron chi connectivity index (χ4n) is 2.65. The third-order valence-electron chi connectivity index (χ3n) is 3.82. The molecule has 1 amide bonds. The molecule has 0 aliphatic heterocycles. The molecule has 0 saturated heterocycles. The molecule has 0 aliphatic carbocycles. The van der Waals surface area contributed by atoms with Crippen LogP contribution in [0.2, 0.25) is 10.0 Å². The number of nitrogens with zero attached hydrogens (tertiary/aromatic N) is 1. The quantitative estimate of drug-likeness (QED) is 0.638. The largest absolute Gasteiger partial charge is 0.339 e. The molecule has 5 nitrogen and oxygen atoms in total. The van der Waals surface area contributed by atoms with Gasteiger partial charge in [0.2, 0.25) is 0 Å². The summed E-state index contributed by atoms with van der Waals surface area (Å²) in [6.45, 7) is 5.33. The number of hydrogen-bond donors (Lipinski definition) is 1. The van der Waals surface area contributed by atoms with Crippen LogP contribution in [-0.2, 0) is 10.0 Å². The van der Waals surface area contributed by atoms with Crippen LogP contribution in [0.5, 0.6) is 0 Å². The number of carbonyl (C=O) groups excluding carboxylic acids is 1. The lowest BCUT2D eigenvalue weighted by Crippen LogP contribution is -2.32. The molecule has 0 fully saturated rings. The summed E-state index contributed by atoms with van der Waals surface area (Å²) in [6, 6.07) is 10.6. The van der Waals surface area contributed by atoms with Crippen LogP contribution < -0.4 is 4.72 Å². The molecule has 0 aliphatic rings. The van der Waals surface area contributed by atoms with Crippen LogP contribution in [0, 0.1) is 0 Å². The molecule has 0 heterocycles. The van der Waals surface area contributed by atoms with Gasteiger partial charge in [0.15, 0.2) is 0 Å². The first-order valence-electron chi connectivity index (χ1n) is 8.65. The van der Waals surface area contributed by atoms with Gasteiger partial charge in [-0.25, -0.2) is 8.42 Å². The summed E-state index contributed by atoms with van der Waals surface area (Å²) < 4.78 is 27.7. The summed E-state index contributed by atoms with van der Waals surface area (Å²) in [4.78, 5) is 14.4. The van der Waals surface area contributed by atoms with Crippen LogP contribution in [0.4, 0.5) is 5.69 Å². The smallest absolute Gasteiger partial charge is 0.263 e. The number of nitrogens with one attached hydrogen (secondary N) is 1. The number of anilines is 1. The lowest BCUT2D eigenvalue weighted by Gasteiger charge is -2.21. The number of amides is 1. The first-order chi connectivity index (χ1) is 12.8. The predicted octanol–water partition coefficient (Wildman–Crippen LogP) is 5.06. The van der Waals surface area contributed by atoms with E-state index in [1.807, 2.05) is 13.8 Å². The molecular weight excluding hydrogens is 407 g/mol. The Hall–Kier alpha value is -1.76. The van der Waals surface area contributed by atoms with Crippen LogP contribution in [-0.4, -0.2) is 32.3 Å². The Morgan fingerprint density at radius 2 is 1.70 bits per heavy atom. The van der Waals surface area contributed by atoms with Crippen LogP contribution in [0.15, 0.2) is 47.4 Å².